The molecule has 9 heteroatoms. The first-order valence-corrected chi connectivity index (χ1v) is 10.1. The van der Waals surface area contributed by atoms with Gasteiger partial charge in [-0.05, 0) is 16.3 Å². The lowest BCUT2D eigenvalue weighted by Crippen LogP contribution is -2.52. The molecule has 1 aliphatic rings. The molecule has 1 amide bonds. The van der Waals surface area contributed by atoms with E-state index in [4.69, 9.17) is 4.74 Å². The van der Waals surface area contributed by atoms with Crippen molar-refractivity contribution in [1.29, 1.82) is 0 Å². The lowest BCUT2D eigenvalue weighted by Gasteiger charge is -2.38. The number of nitrogens with one attached hydrogen (secondary N) is 1. The maximum atomic E-state index is 12.2. The Balaban J connectivity index is 1.77. The molecule has 25 heavy (non-hydrogen) atoms. The third-order valence-corrected chi connectivity index (χ3v) is 5.77. The number of ether oxygens (including phenoxy) is 1. The van der Waals surface area contributed by atoms with Gasteiger partial charge < -0.3 is 10.1 Å². The number of aromatic nitrogens is 4. The van der Waals surface area contributed by atoms with E-state index in [0.29, 0.717) is 30.7 Å². The second-order valence-electron chi connectivity index (χ2n) is 6.28. The molecule has 2 heterocycles. The van der Waals surface area contributed by atoms with Crippen molar-refractivity contribution in [2.24, 2.45) is 13.0 Å². The van der Waals surface area contributed by atoms with Gasteiger partial charge in [-0.1, -0.05) is 38.5 Å². The maximum absolute atomic E-state index is 12.2. The number of carbonyl (C=O) groups is 1. The Morgan fingerprint density at radius 1 is 1.32 bits per heavy atom. The van der Waals surface area contributed by atoms with Crippen molar-refractivity contribution in [3.63, 3.8) is 0 Å². The summed E-state index contributed by atoms with van der Waals surface area (Å²) >= 11 is 1.50. The van der Waals surface area contributed by atoms with E-state index < -0.39 is 0 Å². The molecule has 2 rings (SSSR count). The Morgan fingerprint density at radius 3 is 2.64 bits per heavy atom. The predicted octanol–water partition coefficient (Wildman–Crippen LogP) is 0.946. The smallest absolute Gasteiger partial charge is 0.220 e. The maximum Gasteiger partial charge on any atom is 0.220 e. The van der Waals surface area contributed by atoms with E-state index in [1.54, 1.807) is 11.7 Å². The average Bonchev–Trinajstić information content (AvgIpc) is 3.04. The summed E-state index contributed by atoms with van der Waals surface area (Å²) in [7, 11) is 1.80. The van der Waals surface area contributed by atoms with Gasteiger partial charge in [0.15, 0.2) is 0 Å². The summed E-state index contributed by atoms with van der Waals surface area (Å²) in [6.45, 7) is 8.64. The Hall–Kier alpha value is -1.19. The van der Waals surface area contributed by atoms with Crippen molar-refractivity contribution in [1.82, 2.24) is 30.4 Å². The molecule has 1 atom stereocenters. The van der Waals surface area contributed by atoms with E-state index >= 15 is 0 Å². The molecular formula is C16H30N6O2S. The zero-order chi connectivity index (χ0) is 18.1. The Kier molecular flexibility index (Phi) is 8.63. The first kappa shape index (κ1) is 20.1. The number of morpholine rings is 1. The van der Waals surface area contributed by atoms with Gasteiger partial charge in [0.25, 0.3) is 0 Å². The summed E-state index contributed by atoms with van der Waals surface area (Å²) in [5, 5.41) is 15.1. The Bertz CT molecular complexity index is 516. The van der Waals surface area contributed by atoms with Crippen LogP contribution in [-0.2, 0) is 16.6 Å². The SMILES string of the molecule is CCC(CC)C(CNC(=O)CCSc1nnnn1C)N1CCOCC1. The highest BCUT2D eigenvalue weighted by Crippen LogP contribution is 2.20. The first-order chi connectivity index (χ1) is 12.2. The third kappa shape index (κ3) is 6.23. The summed E-state index contributed by atoms with van der Waals surface area (Å²) < 4.78 is 7.09. The molecule has 1 unspecified atom stereocenters. The van der Waals surface area contributed by atoms with Gasteiger partial charge in [-0.25, -0.2) is 4.68 Å². The van der Waals surface area contributed by atoms with Gasteiger partial charge in [-0.15, -0.1) is 5.10 Å². The van der Waals surface area contributed by atoms with E-state index in [1.807, 2.05) is 0 Å². The number of tetrazole rings is 1. The number of hydrogen-bond acceptors (Lipinski definition) is 7. The lowest BCUT2D eigenvalue weighted by molar-refractivity contribution is -0.121. The van der Waals surface area contributed by atoms with Crippen molar-refractivity contribution < 1.29 is 9.53 Å². The van der Waals surface area contributed by atoms with Crippen molar-refractivity contribution in [3.8, 4) is 0 Å². The van der Waals surface area contributed by atoms with Gasteiger partial charge in [-0.2, -0.15) is 0 Å². The number of rotatable bonds is 10. The number of nitrogens with zero attached hydrogens (tertiary/aromatic N) is 5. The van der Waals surface area contributed by atoms with E-state index in [0.717, 1.165) is 44.3 Å². The zero-order valence-corrected chi connectivity index (χ0v) is 16.3. The summed E-state index contributed by atoms with van der Waals surface area (Å²) in [6.07, 6.45) is 2.73. The van der Waals surface area contributed by atoms with Crippen LogP contribution in [0.1, 0.15) is 33.1 Å². The van der Waals surface area contributed by atoms with Gasteiger partial charge >= 0.3 is 0 Å². The van der Waals surface area contributed by atoms with Crippen LogP contribution < -0.4 is 5.32 Å². The molecule has 1 aromatic heterocycles. The summed E-state index contributed by atoms with van der Waals surface area (Å²) in [5.41, 5.74) is 0. The summed E-state index contributed by atoms with van der Waals surface area (Å²) in [4.78, 5) is 14.7. The fourth-order valence-corrected chi connectivity index (χ4v) is 4.01. The van der Waals surface area contributed by atoms with Crippen LogP contribution in [0, 0.1) is 5.92 Å². The van der Waals surface area contributed by atoms with E-state index in [2.05, 4.69) is 39.6 Å². The first-order valence-electron chi connectivity index (χ1n) is 9.09. The van der Waals surface area contributed by atoms with Gasteiger partial charge in [0.05, 0.1) is 13.2 Å². The second kappa shape index (κ2) is 10.7. The molecular weight excluding hydrogens is 340 g/mol. The van der Waals surface area contributed by atoms with Gasteiger partial charge in [0.1, 0.15) is 0 Å². The molecule has 0 saturated carbocycles. The number of amides is 1. The van der Waals surface area contributed by atoms with Crippen molar-refractivity contribution >= 4 is 17.7 Å². The van der Waals surface area contributed by atoms with Crippen molar-refractivity contribution in [3.05, 3.63) is 0 Å². The highest BCUT2D eigenvalue weighted by Gasteiger charge is 2.27. The highest BCUT2D eigenvalue weighted by molar-refractivity contribution is 7.99. The van der Waals surface area contributed by atoms with Gasteiger partial charge in [0, 0.05) is 44.9 Å². The minimum Gasteiger partial charge on any atom is -0.379 e. The second-order valence-corrected chi connectivity index (χ2v) is 7.34. The number of carbonyl (C=O) groups excluding carboxylic acids is 1. The summed E-state index contributed by atoms with van der Waals surface area (Å²) in [6, 6.07) is 0.387. The lowest BCUT2D eigenvalue weighted by atomic mass is 9.92. The number of aryl methyl sites for hydroxylation is 1. The van der Waals surface area contributed by atoms with Crippen molar-refractivity contribution in [2.45, 2.75) is 44.3 Å². The minimum absolute atomic E-state index is 0.0897. The molecule has 0 spiro atoms. The van der Waals surface area contributed by atoms with Crippen LogP contribution in [-0.4, -0.2) is 75.7 Å². The molecule has 8 nitrogen and oxygen atoms in total. The van der Waals surface area contributed by atoms with Crippen LogP contribution >= 0.6 is 11.8 Å². The monoisotopic (exact) mass is 370 g/mol. The van der Waals surface area contributed by atoms with Crippen LogP contribution in [0.15, 0.2) is 5.16 Å². The third-order valence-electron chi connectivity index (χ3n) is 4.76. The molecule has 0 aromatic carbocycles. The molecule has 1 fully saturated rings. The topological polar surface area (TPSA) is 85.2 Å². The predicted molar refractivity (Wildman–Crippen MR) is 97.4 cm³/mol. The van der Waals surface area contributed by atoms with E-state index in [-0.39, 0.29) is 5.91 Å². The Morgan fingerprint density at radius 2 is 2.04 bits per heavy atom. The molecule has 1 aromatic rings. The largest absolute Gasteiger partial charge is 0.379 e. The minimum atomic E-state index is 0.0897. The molecule has 1 saturated heterocycles. The number of thioether (sulfide) groups is 1. The molecule has 0 radical (unpaired) electrons. The molecule has 0 bridgehead atoms. The van der Waals surface area contributed by atoms with Crippen LogP contribution in [0.4, 0.5) is 0 Å². The van der Waals surface area contributed by atoms with Crippen LogP contribution in [0.3, 0.4) is 0 Å². The average molecular weight is 371 g/mol. The van der Waals surface area contributed by atoms with E-state index in [9.17, 15) is 4.79 Å². The quantitative estimate of drug-likeness (QED) is 0.614. The summed E-state index contributed by atoms with van der Waals surface area (Å²) in [5.74, 6) is 1.36. The van der Waals surface area contributed by atoms with Crippen LogP contribution in [0.25, 0.3) is 0 Å². The Labute approximate surface area is 154 Å². The van der Waals surface area contributed by atoms with Crippen molar-refractivity contribution in [2.75, 3.05) is 38.6 Å². The normalized spacial score (nSPS) is 17.0. The zero-order valence-electron chi connectivity index (χ0n) is 15.5. The van der Waals surface area contributed by atoms with Gasteiger partial charge in [-0.3, -0.25) is 9.69 Å². The molecule has 0 aliphatic carbocycles. The fraction of sp³-hybridized carbons (Fsp3) is 0.875. The number of hydrogen-bond donors (Lipinski definition) is 1. The van der Waals surface area contributed by atoms with E-state index in [1.165, 1.54) is 11.8 Å². The fourth-order valence-electron chi connectivity index (χ4n) is 3.22. The standard InChI is InChI=1S/C16H30N6O2S/c1-4-13(5-2)14(22-7-9-24-10-8-22)12-17-15(23)6-11-25-16-18-19-20-21(16)3/h13-14H,4-12H2,1-3H3,(H,17,23). The van der Waals surface area contributed by atoms with Crippen LogP contribution in [0.5, 0.6) is 0 Å². The van der Waals surface area contributed by atoms with Crippen LogP contribution in [0.2, 0.25) is 0 Å². The molecule has 142 valence electrons. The highest BCUT2D eigenvalue weighted by atomic mass is 32.2. The van der Waals surface area contributed by atoms with Gasteiger partial charge in [0.2, 0.25) is 11.1 Å². The molecule has 1 N–H and O–H groups in total. The molecule has 1 aliphatic heterocycles.